The molecule has 30 heavy (non-hydrogen) atoms. The number of benzene rings is 2. The van der Waals surface area contributed by atoms with E-state index in [1.165, 1.54) is 28.6 Å². The van der Waals surface area contributed by atoms with Gasteiger partial charge in [-0.15, -0.1) is 0 Å². The average molecular weight is 424 g/mol. The maximum atomic E-state index is 13.0. The summed E-state index contributed by atoms with van der Waals surface area (Å²) in [6, 6.07) is 13.8. The number of rotatable bonds is 4. The van der Waals surface area contributed by atoms with Gasteiger partial charge in [-0.1, -0.05) is 12.1 Å². The first-order valence-electron chi connectivity index (χ1n) is 9.76. The van der Waals surface area contributed by atoms with Crippen LogP contribution in [0.2, 0.25) is 0 Å². The van der Waals surface area contributed by atoms with E-state index in [4.69, 9.17) is 0 Å². The maximum absolute atomic E-state index is 13.0. The van der Waals surface area contributed by atoms with Crippen LogP contribution in [0.25, 0.3) is 11.0 Å². The molecule has 154 valence electrons. The quantitative estimate of drug-likeness (QED) is 0.599. The third kappa shape index (κ3) is 2.85. The zero-order chi connectivity index (χ0) is 21.0. The van der Waals surface area contributed by atoms with E-state index in [1.54, 1.807) is 0 Å². The fourth-order valence-electron chi connectivity index (χ4n) is 4.18. The summed E-state index contributed by atoms with van der Waals surface area (Å²) in [5, 5.41) is 0. The number of carbonyl (C=O) groups is 2. The fourth-order valence-corrected chi connectivity index (χ4v) is 5.70. The van der Waals surface area contributed by atoms with E-state index in [2.05, 4.69) is 9.55 Å². The molecule has 8 nitrogen and oxygen atoms in total. The summed E-state index contributed by atoms with van der Waals surface area (Å²) >= 11 is 0. The van der Waals surface area contributed by atoms with Gasteiger partial charge in [0.25, 0.3) is 0 Å². The van der Waals surface area contributed by atoms with Crippen molar-refractivity contribution in [2.75, 3.05) is 18.0 Å². The predicted octanol–water partition coefficient (Wildman–Crippen LogP) is 2.24. The Kier molecular flexibility index (Phi) is 4.26. The minimum absolute atomic E-state index is 0.0336. The summed E-state index contributed by atoms with van der Waals surface area (Å²) in [5.74, 6) is 0.343. The smallest absolute Gasteiger partial charge is 0.243 e. The minimum Gasteiger partial charge on any atom is -0.322 e. The minimum atomic E-state index is -3.65. The Hall–Kier alpha value is -3.04. The van der Waals surface area contributed by atoms with Crippen LogP contribution in [0.4, 0.5) is 5.69 Å². The van der Waals surface area contributed by atoms with Crippen LogP contribution in [0.3, 0.4) is 0 Å². The van der Waals surface area contributed by atoms with Crippen molar-refractivity contribution in [1.29, 1.82) is 0 Å². The molecule has 0 unspecified atom stereocenters. The van der Waals surface area contributed by atoms with Crippen molar-refractivity contribution in [2.24, 2.45) is 0 Å². The van der Waals surface area contributed by atoms with E-state index in [0.717, 1.165) is 21.8 Å². The highest BCUT2D eigenvalue weighted by atomic mass is 32.2. The number of hydrogen-bond donors (Lipinski definition) is 0. The number of aromatic nitrogens is 2. The monoisotopic (exact) mass is 424 g/mol. The molecule has 0 radical (unpaired) electrons. The molecule has 0 saturated carbocycles. The van der Waals surface area contributed by atoms with E-state index in [9.17, 15) is 18.0 Å². The van der Waals surface area contributed by atoms with E-state index in [-0.39, 0.29) is 35.6 Å². The number of imidazole rings is 1. The third-order valence-electron chi connectivity index (χ3n) is 5.75. The lowest BCUT2D eigenvalue weighted by atomic mass is 10.1. The number of hydrogen-bond acceptors (Lipinski definition) is 5. The lowest BCUT2D eigenvalue weighted by molar-refractivity contribution is -0.121. The molecule has 2 saturated heterocycles. The Bertz CT molecular complexity index is 1260. The maximum Gasteiger partial charge on any atom is 0.243 e. The van der Waals surface area contributed by atoms with Gasteiger partial charge in [0.05, 0.1) is 27.7 Å². The van der Waals surface area contributed by atoms with Crippen molar-refractivity contribution >= 4 is 38.6 Å². The second-order valence-corrected chi connectivity index (χ2v) is 9.55. The highest BCUT2D eigenvalue weighted by Gasteiger charge is 2.39. The molecule has 0 atom stereocenters. The first-order chi connectivity index (χ1) is 14.4. The van der Waals surface area contributed by atoms with E-state index in [1.807, 2.05) is 31.2 Å². The molecule has 2 aromatic carbocycles. The van der Waals surface area contributed by atoms with Gasteiger partial charge in [0.2, 0.25) is 21.8 Å². The zero-order valence-electron chi connectivity index (χ0n) is 16.4. The summed E-state index contributed by atoms with van der Waals surface area (Å²) < 4.78 is 29.5. The molecule has 0 N–H and O–H groups in total. The largest absolute Gasteiger partial charge is 0.322 e. The van der Waals surface area contributed by atoms with Crippen molar-refractivity contribution in [1.82, 2.24) is 13.9 Å². The number of para-hydroxylation sites is 2. The van der Waals surface area contributed by atoms with Gasteiger partial charge in [-0.3, -0.25) is 14.5 Å². The second-order valence-electron chi connectivity index (χ2n) is 7.61. The normalized spacial score (nSPS) is 18.4. The molecule has 2 aliphatic heterocycles. The van der Waals surface area contributed by atoms with Crippen molar-refractivity contribution in [3.63, 3.8) is 0 Å². The van der Waals surface area contributed by atoms with Crippen LogP contribution in [0, 0.1) is 6.92 Å². The standard InChI is InChI=1S/C21H20N4O4S/c1-14-22-18-4-2-3-5-19(18)24(14)16-12-23(13-16)30(28,29)17-8-6-15(7-9-17)25-20(26)10-11-21(25)27/h2-9,16H,10-13H2,1H3. The van der Waals surface area contributed by atoms with Crippen LogP contribution >= 0.6 is 0 Å². The van der Waals surface area contributed by atoms with Crippen LogP contribution in [0.15, 0.2) is 53.4 Å². The molecule has 5 rings (SSSR count). The van der Waals surface area contributed by atoms with Crippen LogP contribution in [-0.2, 0) is 19.6 Å². The first kappa shape index (κ1) is 19.0. The Morgan fingerprint density at radius 3 is 2.23 bits per heavy atom. The number of fused-ring (bicyclic) bond motifs is 1. The van der Waals surface area contributed by atoms with Crippen LogP contribution in [0.1, 0.15) is 24.7 Å². The van der Waals surface area contributed by atoms with Gasteiger partial charge < -0.3 is 4.57 Å². The summed E-state index contributed by atoms with van der Waals surface area (Å²) in [6.45, 7) is 2.67. The van der Waals surface area contributed by atoms with Crippen molar-refractivity contribution in [2.45, 2.75) is 30.7 Å². The van der Waals surface area contributed by atoms with Crippen LogP contribution in [0.5, 0.6) is 0 Å². The van der Waals surface area contributed by atoms with Crippen LogP contribution < -0.4 is 4.90 Å². The first-order valence-corrected chi connectivity index (χ1v) is 11.2. The third-order valence-corrected chi connectivity index (χ3v) is 7.60. The Morgan fingerprint density at radius 2 is 1.57 bits per heavy atom. The lowest BCUT2D eigenvalue weighted by Crippen LogP contribution is -2.50. The molecule has 2 amide bonds. The molecule has 0 aliphatic carbocycles. The highest BCUT2D eigenvalue weighted by Crippen LogP contribution is 2.33. The Balaban J connectivity index is 1.35. The second kappa shape index (κ2) is 6.75. The van der Waals surface area contributed by atoms with Gasteiger partial charge in [-0.05, 0) is 43.3 Å². The number of imide groups is 1. The van der Waals surface area contributed by atoms with Crippen molar-refractivity contribution in [3.05, 3.63) is 54.4 Å². The van der Waals surface area contributed by atoms with Gasteiger partial charge >= 0.3 is 0 Å². The molecule has 3 aromatic rings. The molecular formula is C21H20N4O4S. The summed E-state index contributed by atoms with van der Waals surface area (Å²) in [6.07, 6.45) is 0.382. The summed E-state index contributed by atoms with van der Waals surface area (Å²) in [4.78, 5) is 29.6. The Morgan fingerprint density at radius 1 is 0.933 bits per heavy atom. The number of nitrogens with zero attached hydrogens (tertiary/aromatic N) is 4. The van der Waals surface area contributed by atoms with E-state index >= 15 is 0 Å². The summed E-state index contributed by atoms with van der Waals surface area (Å²) in [5.41, 5.74) is 2.31. The fraction of sp³-hybridized carbons (Fsp3) is 0.286. The average Bonchev–Trinajstić information content (AvgIpc) is 3.19. The van der Waals surface area contributed by atoms with Gasteiger partial charge in [-0.25, -0.2) is 13.4 Å². The van der Waals surface area contributed by atoms with Crippen molar-refractivity contribution in [3.8, 4) is 0 Å². The molecule has 2 aliphatic rings. The number of sulfonamides is 1. The molecule has 3 heterocycles. The molecule has 0 bridgehead atoms. The highest BCUT2D eigenvalue weighted by molar-refractivity contribution is 7.89. The number of carbonyl (C=O) groups excluding carboxylic acids is 2. The number of aryl methyl sites for hydroxylation is 1. The molecule has 9 heteroatoms. The topological polar surface area (TPSA) is 92.6 Å². The lowest BCUT2D eigenvalue weighted by Gasteiger charge is -2.39. The number of amides is 2. The van der Waals surface area contributed by atoms with Crippen LogP contribution in [-0.4, -0.2) is 47.2 Å². The van der Waals surface area contributed by atoms with E-state index in [0.29, 0.717) is 18.8 Å². The van der Waals surface area contributed by atoms with Gasteiger partial charge in [0.15, 0.2) is 0 Å². The number of anilines is 1. The molecule has 0 spiro atoms. The molecular weight excluding hydrogens is 404 g/mol. The van der Waals surface area contributed by atoms with Gasteiger partial charge in [-0.2, -0.15) is 4.31 Å². The van der Waals surface area contributed by atoms with Crippen molar-refractivity contribution < 1.29 is 18.0 Å². The predicted molar refractivity (Wildman–Crippen MR) is 110 cm³/mol. The SMILES string of the molecule is Cc1nc2ccccc2n1C1CN(S(=O)(=O)c2ccc(N3C(=O)CCC3=O)cc2)C1. The van der Waals surface area contributed by atoms with Gasteiger partial charge in [0.1, 0.15) is 5.82 Å². The summed E-state index contributed by atoms with van der Waals surface area (Å²) in [7, 11) is -3.65. The zero-order valence-corrected chi connectivity index (χ0v) is 17.2. The Labute approximate surface area is 173 Å². The molecule has 1 aromatic heterocycles. The van der Waals surface area contributed by atoms with E-state index < -0.39 is 10.0 Å². The van der Waals surface area contributed by atoms with Gasteiger partial charge in [0, 0.05) is 25.9 Å². The molecule has 2 fully saturated rings.